The van der Waals surface area contributed by atoms with Crippen molar-refractivity contribution in [1.29, 1.82) is 0 Å². The summed E-state index contributed by atoms with van der Waals surface area (Å²) >= 11 is 0. The molecule has 274 valence electrons. The van der Waals surface area contributed by atoms with Crippen LogP contribution in [0.25, 0.3) is 0 Å². The zero-order chi connectivity index (χ0) is 35.7. The topological polar surface area (TPSA) is 174 Å². The average molecular weight is 697 g/mol. The number of likely N-dealkylation sites (N-methyl/N-ethyl adjacent to an activating group) is 1. The molecular formula is C34H60N6O7S. The van der Waals surface area contributed by atoms with Crippen molar-refractivity contribution in [1.82, 2.24) is 30.5 Å². The molecule has 4 rings (SSSR count). The van der Waals surface area contributed by atoms with Crippen LogP contribution in [0.2, 0.25) is 0 Å². The number of nitrogens with one attached hydrogen (secondary N) is 4. The highest BCUT2D eigenvalue weighted by molar-refractivity contribution is 7.88. The lowest BCUT2D eigenvalue weighted by Gasteiger charge is -2.39. The number of likely N-dealkylation sites (tertiary alicyclic amines) is 1. The summed E-state index contributed by atoms with van der Waals surface area (Å²) in [6, 6.07) is -3.08. The van der Waals surface area contributed by atoms with Crippen LogP contribution in [0.4, 0.5) is 4.79 Å². The molecule has 4 aliphatic rings. The van der Waals surface area contributed by atoms with Crippen LogP contribution in [0, 0.1) is 34.0 Å². The summed E-state index contributed by atoms with van der Waals surface area (Å²) < 4.78 is 25.4. The lowest BCUT2D eigenvalue weighted by Crippen LogP contribution is -2.63. The van der Waals surface area contributed by atoms with Gasteiger partial charge in [0.15, 0.2) is 0 Å². The number of amides is 5. The molecule has 13 nitrogen and oxygen atoms in total. The monoisotopic (exact) mass is 696 g/mol. The maximum Gasteiger partial charge on any atom is 0.315 e. The molecule has 0 radical (unpaired) electrons. The molecule has 4 fully saturated rings. The van der Waals surface area contributed by atoms with Gasteiger partial charge in [-0.2, -0.15) is 0 Å². The largest absolute Gasteiger partial charge is 0.347 e. The Labute approximate surface area is 287 Å². The van der Waals surface area contributed by atoms with Crippen LogP contribution in [-0.4, -0.2) is 103 Å². The number of hydrogen-bond donors (Lipinski definition) is 4. The third-order valence-corrected chi connectivity index (χ3v) is 12.3. The molecule has 7 atom stereocenters. The van der Waals surface area contributed by atoms with Crippen molar-refractivity contribution in [3.63, 3.8) is 0 Å². The summed E-state index contributed by atoms with van der Waals surface area (Å²) in [5.74, 6) is -2.40. The first kappa shape index (κ1) is 39.7. The minimum absolute atomic E-state index is 0. The van der Waals surface area contributed by atoms with Crippen molar-refractivity contribution in [2.75, 3.05) is 26.4 Å². The smallest absolute Gasteiger partial charge is 0.315 e. The number of piperidine rings is 1. The number of urea groups is 1. The molecule has 0 unspecified atom stereocenters. The van der Waals surface area contributed by atoms with Crippen LogP contribution in [0.3, 0.4) is 0 Å². The fourth-order valence-electron chi connectivity index (χ4n) is 7.17. The van der Waals surface area contributed by atoms with Gasteiger partial charge in [0.25, 0.3) is 5.91 Å². The van der Waals surface area contributed by atoms with Crippen LogP contribution in [0.15, 0.2) is 0 Å². The number of nitrogens with zero attached hydrogens (tertiary/aromatic N) is 2. The number of carbonyl (C=O) groups is 5. The Bertz CT molecular complexity index is 1410. The van der Waals surface area contributed by atoms with E-state index >= 15 is 0 Å². The predicted molar refractivity (Wildman–Crippen MR) is 184 cm³/mol. The Kier molecular flexibility index (Phi) is 10.9. The fourth-order valence-corrected chi connectivity index (χ4v) is 7.59. The van der Waals surface area contributed by atoms with E-state index in [0.717, 1.165) is 19.1 Å². The quantitative estimate of drug-likeness (QED) is 0.227. The van der Waals surface area contributed by atoms with Crippen molar-refractivity contribution < 1.29 is 32.4 Å². The molecule has 0 bridgehead atoms. The lowest BCUT2D eigenvalue weighted by atomic mass is 9.85. The van der Waals surface area contributed by atoms with Gasteiger partial charge in [0.1, 0.15) is 17.6 Å². The summed E-state index contributed by atoms with van der Waals surface area (Å²) in [5.41, 5.74) is -2.73. The van der Waals surface area contributed by atoms with Crippen molar-refractivity contribution in [3.05, 3.63) is 0 Å². The number of hydrogen-bond acceptors (Lipinski definition) is 7. The Morgan fingerprint density at radius 2 is 1.56 bits per heavy atom. The average Bonchev–Trinajstić information content (AvgIpc) is 3.88. The molecule has 0 aromatic rings. The van der Waals surface area contributed by atoms with Gasteiger partial charge in [-0.1, -0.05) is 76.2 Å². The maximum atomic E-state index is 14.4. The van der Waals surface area contributed by atoms with Crippen LogP contribution in [0.1, 0.15) is 95.4 Å². The molecule has 3 saturated carbocycles. The van der Waals surface area contributed by atoms with Crippen LogP contribution in [0.5, 0.6) is 0 Å². The number of fused-ring (bicyclic) bond motifs is 1. The first-order chi connectivity index (χ1) is 21.4. The minimum atomic E-state index is -3.50. The second kappa shape index (κ2) is 13.2. The molecule has 1 heterocycles. The zero-order valence-electron chi connectivity index (χ0n) is 29.9. The molecule has 5 amide bonds. The standard InChI is InChI=1S/C33H56N6O7S.CH4/c1-12-18-15-33(18,25(40)27(42)34-19-13-14-19)37-26(41)23-22-20(32(22,8)9)16-39(23)28(43)24(31(5,6)7)36-29(44)35-21(30(2,3)4)17-38(10)47(11,45)46;/h18-24H,12-17H2,1-11H3,(H,34,42)(H,37,41)(H2,35,36,44);1H4/t18-,20-,21+,22-,23-,24+,33+;/m0./s1. The van der Waals surface area contributed by atoms with Gasteiger partial charge in [-0.05, 0) is 53.3 Å². The van der Waals surface area contributed by atoms with Gasteiger partial charge in [-0.25, -0.2) is 17.5 Å². The lowest BCUT2D eigenvalue weighted by molar-refractivity contribution is -0.146. The highest BCUT2D eigenvalue weighted by atomic mass is 32.2. The first-order valence-electron chi connectivity index (χ1n) is 16.8. The van der Waals surface area contributed by atoms with E-state index in [1.54, 1.807) is 0 Å². The minimum Gasteiger partial charge on any atom is -0.347 e. The van der Waals surface area contributed by atoms with Gasteiger partial charge in [0, 0.05) is 32.2 Å². The Morgan fingerprint density at radius 3 is 2.02 bits per heavy atom. The molecule has 4 N–H and O–H groups in total. The van der Waals surface area contributed by atoms with E-state index < -0.39 is 74.1 Å². The van der Waals surface area contributed by atoms with Crippen molar-refractivity contribution in [2.45, 2.75) is 125 Å². The van der Waals surface area contributed by atoms with E-state index in [1.807, 2.05) is 48.5 Å². The van der Waals surface area contributed by atoms with Gasteiger partial charge in [0.05, 0.1) is 6.26 Å². The Hall–Kier alpha value is -2.74. The third-order valence-electron chi connectivity index (χ3n) is 11.0. The molecule has 0 aromatic heterocycles. The number of Topliss-reactive ketones (excluding diaryl/α,β-unsaturated/α-hetero) is 1. The van der Waals surface area contributed by atoms with Crippen LogP contribution in [-0.2, 0) is 29.2 Å². The van der Waals surface area contributed by atoms with Gasteiger partial charge in [0.2, 0.25) is 27.6 Å². The van der Waals surface area contributed by atoms with Gasteiger partial charge in [-0.15, -0.1) is 0 Å². The summed E-state index contributed by atoms with van der Waals surface area (Å²) in [6.07, 6.45) is 3.76. The van der Waals surface area contributed by atoms with Gasteiger partial charge < -0.3 is 26.2 Å². The van der Waals surface area contributed by atoms with E-state index in [9.17, 15) is 32.4 Å². The number of rotatable bonds is 12. The van der Waals surface area contributed by atoms with Gasteiger partial charge >= 0.3 is 6.03 Å². The fraction of sp³-hybridized carbons (Fsp3) is 0.853. The third kappa shape index (κ3) is 8.00. The maximum absolute atomic E-state index is 14.4. The number of sulfonamides is 1. The highest BCUT2D eigenvalue weighted by Crippen LogP contribution is 2.65. The van der Waals surface area contributed by atoms with E-state index in [-0.39, 0.29) is 43.2 Å². The second-order valence-electron chi connectivity index (χ2n) is 17.1. The van der Waals surface area contributed by atoms with E-state index in [1.165, 1.54) is 16.3 Å². The molecule has 0 aromatic carbocycles. The van der Waals surface area contributed by atoms with Crippen molar-refractivity contribution in [3.8, 4) is 0 Å². The molecule has 48 heavy (non-hydrogen) atoms. The highest BCUT2D eigenvalue weighted by Gasteiger charge is 2.71. The van der Waals surface area contributed by atoms with Gasteiger partial charge in [-0.3, -0.25) is 19.2 Å². The summed E-state index contributed by atoms with van der Waals surface area (Å²) in [7, 11) is -2.05. The molecule has 1 saturated heterocycles. The summed E-state index contributed by atoms with van der Waals surface area (Å²) in [5, 5.41) is 11.4. The summed E-state index contributed by atoms with van der Waals surface area (Å²) in [4.78, 5) is 69.7. The van der Waals surface area contributed by atoms with E-state index in [0.29, 0.717) is 19.4 Å². The Morgan fingerprint density at radius 1 is 0.979 bits per heavy atom. The Balaban J connectivity index is 0.00000625. The summed E-state index contributed by atoms with van der Waals surface area (Å²) in [6.45, 7) is 17.5. The molecule has 3 aliphatic carbocycles. The van der Waals surface area contributed by atoms with Crippen LogP contribution < -0.4 is 21.3 Å². The molecular weight excluding hydrogens is 636 g/mol. The number of carbonyl (C=O) groups excluding carboxylic acids is 5. The van der Waals surface area contributed by atoms with E-state index in [2.05, 4.69) is 35.1 Å². The molecule has 1 aliphatic heterocycles. The van der Waals surface area contributed by atoms with Crippen LogP contribution >= 0.6 is 0 Å². The van der Waals surface area contributed by atoms with E-state index in [4.69, 9.17) is 0 Å². The molecule has 0 spiro atoms. The second-order valence-corrected chi connectivity index (χ2v) is 19.2. The zero-order valence-corrected chi connectivity index (χ0v) is 30.8. The normalized spacial score (nSPS) is 28.7. The number of ketones is 1. The van der Waals surface area contributed by atoms with Crippen molar-refractivity contribution >= 4 is 39.6 Å². The SMILES string of the molecule is C.CC[C@H]1C[C@]1(NC(=O)[C@@H]1[C@@H]2[C@H](CN1C(=O)[C@@H](NC(=O)N[C@H](CN(C)S(C)(=O)=O)C(C)(C)C)C(C)(C)C)C2(C)C)C(=O)C(=O)NC1CC1. The predicted octanol–water partition coefficient (Wildman–Crippen LogP) is 2.26. The molecule has 14 heteroatoms. The van der Waals surface area contributed by atoms with Crippen molar-refractivity contribution in [2.24, 2.45) is 34.0 Å². The first-order valence-corrected chi connectivity index (χ1v) is 18.7.